The van der Waals surface area contributed by atoms with Crippen molar-refractivity contribution in [3.63, 3.8) is 0 Å². The summed E-state index contributed by atoms with van der Waals surface area (Å²) in [6.07, 6.45) is -3.38. The fourth-order valence-corrected chi connectivity index (χ4v) is 2.78. The second kappa shape index (κ2) is 9.34. The van der Waals surface area contributed by atoms with Crippen molar-refractivity contribution in [2.24, 2.45) is 5.92 Å². The van der Waals surface area contributed by atoms with Gasteiger partial charge in [-0.3, -0.25) is 9.59 Å². The smallest absolute Gasteiger partial charge is 0.455 e. The predicted octanol–water partition coefficient (Wildman–Crippen LogP) is 5.25. The highest BCUT2D eigenvalue weighted by Gasteiger charge is 2.57. The van der Waals surface area contributed by atoms with Crippen LogP contribution in [0.2, 0.25) is 0 Å². The number of carbonyl (C=O) groups is 2. The molecular formula is C19H18BrF5O4. The highest BCUT2D eigenvalue weighted by Crippen LogP contribution is 2.36. The van der Waals surface area contributed by atoms with E-state index in [-0.39, 0.29) is 35.0 Å². The Morgan fingerprint density at radius 1 is 1.21 bits per heavy atom. The molecule has 0 bridgehead atoms. The summed E-state index contributed by atoms with van der Waals surface area (Å²) < 4.78 is 73.0. The van der Waals surface area contributed by atoms with Crippen LogP contribution in [0.3, 0.4) is 0 Å². The predicted molar refractivity (Wildman–Crippen MR) is 96.6 cm³/mol. The van der Waals surface area contributed by atoms with Gasteiger partial charge in [-0.25, -0.2) is 0 Å². The van der Waals surface area contributed by atoms with Crippen LogP contribution in [0.5, 0.6) is 0 Å². The van der Waals surface area contributed by atoms with Gasteiger partial charge >= 0.3 is 12.1 Å². The van der Waals surface area contributed by atoms with Crippen molar-refractivity contribution in [1.29, 1.82) is 0 Å². The van der Waals surface area contributed by atoms with E-state index in [4.69, 9.17) is 4.74 Å². The molecule has 0 spiro atoms. The maximum atomic E-state index is 13.0. The average molecular weight is 485 g/mol. The fourth-order valence-electron chi connectivity index (χ4n) is 2.37. The Labute approximate surface area is 172 Å². The lowest BCUT2D eigenvalue weighted by Crippen LogP contribution is -2.40. The molecule has 1 saturated carbocycles. The lowest BCUT2D eigenvalue weighted by Gasteiger charge is -2.20. The van der Waals surface area contributed by atoms with E-state index in [9.17, 15) is 31.5 Å². The van der Waals surface area contributed by atoms with Crippen LogP contribution in [0.25, 0.3) is 0 Å². The number of ether oxygens (including phenoxy) is 2. The van der Waals surface area contributed by atoms with Gasteiger partial charge in [0, 0.05) is 16.0 Å². The fraction of sp³-hybridized carbons (Fsp3) is 0.474. The first-order valence-corrected chi connectivity index (χ1v) is 9.48. The Hall–Kier alpha value is -1.81. The first-order valence-electron chi connectivity index (χ1n) is 8.69. The lowest BCUT2D eigenvalue weighted by molar-refractivity contribution is -0.297. The van der Waals surface area contributed by atoms with Crippen LogP contribution in [0.1, 0.15) is 35.7 Å². The van der Waals surface area contributed by atoms with Crippen LogP contribution in [-0.2, 0) is 20.9 Å². The quantitative estimate of drug-likeness (QED) is 0.114. The molecule has 10 heteroatoms. The second-order valence-electron chi connectivity index (χ2n) is 6.45. The topological polar surface area (TPSA) is 52.6 Å². The molecule has 160 valence electrons. The summed E-state index contributed by atoms with van der Waals surface area (Å²) in [5.41, 5.74) is -0.171. The zero-order valence-corrected chi connectivity index (χ0v) is 16.9. The highest BCUT2D eigenvalue weighted by atomic mass is 79.9. The van der Waals surface area contributed by atoms with Crippen molar-refractivity contribution in [3.05, 3.63) is 45.6 Å². The average Bonchev–Trinajstić information content (AvgIpc) is 3.45. The van der Waals surface area contributed by atoms with E-state index < -0.39 is 31.1 Å². The third-order valence-electron chi connectivity index (χ3n) is 4.09. The largest absolute Gasteiger partial charge is 0.501 e. The molecule has 0 amide bonds. The molecule has 2 rings (SSSR count). The first kappa shape index (κ1) is 23.5. The summed E-state index contributed by atoms with van der Waals surface area (Å²) in [7, 11) is 0. The van der Waals surface area contributed by atoms with Crippen molar-refractivity contribution >= 4 is 27.5 Å². The van der Waals surface area contributed by atoms with Crippen molar-refractivity contribution < 1.29 is 41.0 Å². The standard InChI is InChI=1S/C19H18BrF5O4/c1-2-28-9-15(16(26)11-3-4-11)17(27)14-6-5-13(20)7-12(14)8-29-10-18(21,22)19(23,24)25/h5-7,9,11H,2-4,8,10H2,1H3. The van der Waals surface area contributed by atoms with Crippen LogP contribution >= 0.6 is 15.9 Å². The van der Waals surface area contributed by atoms with Crippen LogP contribution in [0, 0.1) is 5.92 Å². The first-order chi connectivity index (χ1) is 13.5. The molecule has 1 aliphatic rings. The minimum Gasteiger partial charge on any atom is -0.501 e. The van der Waals surface area contributed by atoms with Gasteiger partial charge in [0.05, 0.1) is 19.5 Å². The number of hydrogen-bond acceptors (Lipinski definition) is 4. The number of Topliss-reactive ketones (excluding diaryl/α,β-unsaturated/α-hetero) is 2. The van der Waals surface area contributed by atoms with Gasteiger partial charge in [-0.2, -0.15) is 22.0 Å². The molecule has 0 atom stereocenters. The van der Waals surface area contributed by atoms with E-state index in [1.807, 2.05) is 0 Å². The van der Waals surface area contributed by atoms with E-state index in [1.54, 1.807) is 6.92 Å². The minimum atomic E-state index is -5.74. The van der Waals surface area contributed by atoms with Gasteiger partial charge in [0.1, 0.15) is 12.2 Å². The molecule has 1 aromatic carbocycles. The van der Waals surface area contributed by atoms with E-state index >= 15 is 0 Å². The maximum Gasteiger partial charge on any atom is 0.455 e. The summed E-state index contributed by atoms with van der Waals surface area (Å²) in [6.45, 7) is -0.678. The van der Waals surface area contributed by atoms with Crippen molar-refractivity contribution in [3.8, 4) is 0 Å². The monoisotopic (exact) mass is 484 g/mol. The van der Waals surface area contributed by atoms with Gasteiger partial charge in [0.25, 0.3) is 0 Å². The Balaban J connectivity index is 2.24. The Bertz CT molecular complexity index is 800. The van der Waals surface area contributed by atoms with Gasteiger partial charge in [-0.05, 0) is 43.5 Å². The number of halogens is 6. The molecule has 0 aliphatic heterocycles. The summed E-state index contributed by atoms with van der Waals surface area (Å²) in [6, 6.07) is 4.19. The number of benzene rings is 1. The summed E-state index contributed by atoms with van der Waals surface area (Å²) >= 11 is 3.15. The normalized spacial score (nSPS) is 15.3. The molecule has 0 unspecified atom stereocenters. The molecule has 0 aromatic heterocycles. The number of carbonyl (C=O) groups excluding carboxylic acids is 2. The molecule has 0 saturated heterocycles. The Kier molecular flexibility index (Phi) is 7.56. The zero-order valence-electron chi connectivity index (χ0n) is 15.3. The molecular weight excluding hydrogens is 467 g/mol. The van der Waals surface area contributed by atoms with E-state index in [0.717, 1.165) is 6.26 Å². The SMILES string of the molecule is CCOC=C(C(=O)c1ccc(Br)cc1COCC(F)(F)C(F)(F)F)C(=O)C1CC1. The van der Waals surface area contributed by atoms with Crippen molar-refractivity contribution in [2.45, 2.75) is 38.5 Å². The molecule has 4 nitrogen and oxygen atoms in total. The van der Waals surface area contributed by atoms with Crippen molar-refractivity contribution in [2.75, 3.05) is 13.2 Å². The highest BCUT2D eigenvalue weighted by molar-refractivity contribution is 9.10. The van der Waals surface area contributed by atoms with E-state index in [1.165, 1.54) is 18.2 Å². The van der Waals surface area contributed by atoms with E-state index in [0.29, 0.717) is 17.3 Å². The summed E-state index contributed by atoms with van der Waals surface area (Å²) in [5, 5.41) is 0. The second-order valence-corrected chi connectivity index (χ2v) is 7.37. The Morgan fingerprint density at radius 3 is 2.41 bits per heavy atom. The van der Waals surface area contributed by atoms with Gasteiger partial charge in [-0.15, -0.1) is 0 Å². The number of allylic oxidation sites excluding steroid dienone is 1. The number of hydrogen-bond donors (Lipinski definition) is 0. The van der Waals surface area contributed by atoms with Crippen LogP contribution < -0.4 is 0 Å². The third kappa shape index (κ3) is 6.08. The number of rotatable bonds is 10. The number of ketones is 2. The lowest BCUT2D eigenvalue weighted by atomic mass is 9.95. The van der Waals surface area contributed by atoms with Gasteiger partial charge in [-0.1, -0.05) is 15.9 Å². The molecule has 29 heavy (non-hydrogen) atoms. The summed E-state index contributed by atoms with van der Waals surface area (Å²) in [5.74, 6) is -6.39. The van der Waals surface area contributed by atoms with Gasteiger partial charge < -0.3 is 9.47 Å². The molecule has 1 aromatic rings. The summed E-state index contributed by atoms with van der Waals surface area (Å²) in [4.78, 5) is 25.3. The molecule has 0 heterocycles. The zero-order chi connectivity index (χ0) is 21.8. The van der Waals surface area contributed by atoms with E-state index in [2.05, 4.69) is 20.7 Å². The van der Waals surface area contributed by atoms with Gasteiger partial charge in [0.15, 0.2) is 11.6 Å². The molecule has 1 aliphatic carbocycles. The van der Waals surface area contributed by atoms with Crippen LogP contribution in [-0.4, -0.2) is 36.9 Å². The minimum absolute atomic E-state index is 0.0384. The van der Waals surface area contributed by atoms with Crippen LogP contribution in [0.4, 0.5) is 22.0 Å². The van der Waals surface area contributed by atoms with Crippen molar-refractivity contribution in [1.82, 2.24) is 0 Å². The molecule has 0 N–H and O–H groups in total. The maximum absolute atomic E-state index is 13.0. The number of alkyl halides is 5. The Morgan fingerprint density at radius 2 is 1.86 bits per heavy atom. The molecule has 1 fully saturated rings. The third-order valence-corrected chi connectivity index (χ3v) is 4.59. The molecule has 0 radical (unpaired) electrons. The van der Waals surface area contributed by atoms with Gasteiger partial charge in [0.2, 0.25) is 0 Å². The van der Waals surface area contributed by atoms with Crippen LogP contribution in [0.15, 0.2) is 34.5 Å².